The number of thiophene rings is 1. The molecular weight excluding hydrogens is 352 g/mol. The van der Waals surface area contributed by atoms with E-state index in [2.05, 4.69) is 15.5 Å². The summed E-state index contributed by atoms with van der Waals surface area (Å²) in [6, 6.07) is 9.08. The van der Waals surface area contributed by atoms with E-state index in [1.165, 1.54) is 28.4 Å². The third kappa shape index (κ3) is 3.97. The molecule has 8 heteroatoms. The van der Waals surface area contributed by atoms with Crippen molar-refractivity contribution in [2.24, 2.45) is 5.10 Å². The van der Waals surface area contributed by atoms with Crippen molar-refractivity contribution in [1.82, 2.24) is 15.0 Å². The van der Waals surface area contributed by atoms with Crippen molar-refractivity contribution in [3.63, 3.8) is 0 Å². The van der Waals surface area contributed by atoms with Crippen molar-refractivity contribution in [2.75, 3.05) is 7.11 Å². The molecule has 0 radical (unpaired) electrons. The van der Waals surface area contributed by atoms with E-state index in [0.29, 0.717) is 10.2 Å². The van der Waals surface area contributed by atoms with Gasteiger partial charge in [0, 0.05) is 4.88 Å². The molecule has 134 valence electrons. The molecule has 1 N–H and O–H groups in total. The molecule has 1 aromatic carbocycles. The van der Waals surface area contributed by atoms with Crippen LogP contribution in [0.2, 0.25) is 0 Å². The molecule has 0 saturated carbocycles. The van der Waals surface area contributed by atoms with Crippen LogP contribution in [0.3, 0.4) is 0 Å². The van der Waals surface area contributed by atoms with Gasteiger partial charge in [0.1, 0.15) is 17.1 Å². The van der Waals surface area contributed by atoms with Gasteiger partial charge in [-0.1, -0.05) is 6.92 Å². The average molecular weight is 370 g/mol. The highest BCUT2D eigenvalue weighted by Crippen LogP contribution is 2.20. The number of ether oxygens (including phenoxy) is 1. The number of hydrazone groups is 1. The lowest BCUT2D eigenvalue weighted by molar-refractivity contribution is -0.121. The first-order valence-electron chi connectivity index (χ1n) is 8.04. The number of aryl methyl sites for hydroxylation is 1. The van der Waals surface area contributed by atoms with Crippen LogP contribution in [0.4, 0.5) is 0 Å². The Morgan fingerprint density at radius 1 is 1.38 bits per heavy atom. The third-order valence-corrected chi connectivity index (χ3v) is 4.94. The molecule has 2 heterocycles. The number of nitrogens with one attached hydrogen (secondary N) is 1. The fraction of sp³-hybridized carbons (Fsp3) is 0.222. The Morgan fingerprint density at radius 2 is 2.15 bits per heavy atom. The summed E-state index contributed by atoms with van der Waals surface area (Å²) in [5.74, 6) is 0.345. The van der Waals surface area contributed by atoms with Gasteiger partial charge in [-0.2, -0.15) is 5.10 Å². The summed E-state index contributed by atoms with van der Waals surface area (Å²) in [7, 11) is 1.59. The van der Waals surface area contributed by atoms with Gasteiger partial charge >= 0.3 is 0 Å². The molecule has 0 saturated heterocycles. The maximum absolute atomic E-state index is 12.4. The standard InChI is InChI=1S/C18H18N4O3S/c1-3-14-8-15-17(26-14)19-11-22(18(15)24)10-16(23)21-20-9-12-4-6-13(25-2)7-5-12/h4-9,11H,3,10H2,1-2H3,(H,21,23). The second-order valence-corrected chi connectivity index (χ2v) is 6.64. The third-order valence-electron chi connectivity index (χ3n) is 3.75. The van der Waals surface area contributed by atoms with Gasteiger partial charge in [0.05, 0.1) is 25.0 Å². The molecule has 2 aromatic heterocycles. The molecule has 26 heavy (non-hydrogen) atoms. The van der Waals surface area contributed by atoms with Crippen molar-refractivity contribution < 1.29 is 9.53 Å². The summed E-state index contributed by atoms with van der Waals surface area (Å²) in [4.78, 5) is 30.5. The summed E-state index contributed by atoms with van der Waals surface area (Å²) in [6.45, 7) is 1.89. The van der Waals surface area contributed by atoms with E-state index in [1.54, 1.807) is 19.2 Å². The molecule has 7 nitrogen and oxygen atoms in total. The molecule has 0 aliphatic rings. The van der Waals surface area contributed by atoms with Crippen LogP contribution in [0.1, 0.15) is 17.4 Å². The quantitative estimate of drug-likeness (QED) is 0.532. The number of carbonyl (C=O) groups is 1. The minimum Gasteiger partial charge on any atom is -0.497 e. The van der Waals surface area contributed by atoms with E-state index < -0.39 is 5.91 Å². The van der Waals surface area contributed by atoms with Gasteiger partial charge in [-0.05, 0) is 42.3 Å². The number of fused-ring (bicyclic) bond motifs is 1. The Morgan fingerprint density at radius 3 is 2.85 bits per heavy atom. The van der Waals surface area contributed by atoms with Crippen LogP contribution in [-0.4, -0.2) is 28.8 Å². The predicted octanol–water partition coefficient (Wildman–Crippen LogP) is 2.18. The first-order chi connectivity index (χ1) is 12.6. The van der Waals surface area contributed by atoms with Crippen LogP contribution < -0.4 is 15.7 Å². The maximum Gasteiger partial charge on any atom is 0.262 e. The molecule has 0 bridgehead atoms. The van der Waals surface area contributed by atoms with Gasteiger partial charge in [-0.15, -0.1) is 11.3 Å². The second-order valence-electron chi connectivity index (χ2n) is 5.53. The van der Waals surface area contributed by atoms with Crippen molar-refractivity contribution in [2.45, 2.75) is 19.9 Å². The second kappa shape index (κ2) is 7.92. The number of amides is 1. The molecule has 3 rings (SSSR count). The van der Waals surface area contributed by atoms with E-state index >= 15 is 0 Å². The highest BCUT2D eigenvalue weighted by atomic mass is 32.1. The van der Waals surface area contributed by atoms with Crippen molar-refractivity contribution >= 4 is 33.7 Å². The number of aromatic nitrogens is 2. The Labute approximate surface area is 154 Å². The first-order valence-corrected chi connectivity index (χ1v) is 8.86. The topological polar surface area (TPSA) is 85.6 Å². The number of carbonyl (C=O) groups excluding carboxylic acids is 1. The van der Waals surface area contributed by atoms with Gasteiger partial charge in [-0.3, -0.25) is 14.2 Å². The lowest BCUT2D eigenvalue weighted by Gasteiger charge is -2.03. The van der Waals surface area contributed by atoms with Crippen molar-refractivity contribution in [1.29, 1.82) is 0 Å². The number of hydrogen-bond acceptors (Lipinski definition) is 6. The molecular formula is C18H18N4O3S. The summed E-state index contributed by atoms with van der Waals surface area (Å²) in [5.41, 5.74) is 3.01. The normalized spacial score (nSPS) is 11.2. The number of nitrogens with zero attached hydrogens (tertiary/aromatic N) is 3. The number of methoxy groups -OCH3 is 1. The van der Waals surface area contributed by atoms with Gasteiger partial charge in [0.2, 0.25) is 0 Å². The zero-order valence-electron chi connectivity index (χ0n) is 14.4. The molecule has 0 aliphatic carbocycles. The molecule has 1 amide bonds. The van der Waals surface area contributed by atoms with Crippen molar-refractivity contribution in [3.05, 3.63) is 57.5 Å². The Hall–Kier alpha value is -3.00. The summed E-state index contributed by atoms with van der Waals surface area (Å²) >= 11 is 1.50. The lowest BCUT2D eigenvalue weighted by Crippen LogP contribution is -2.29. The molecule has 3 aromatic rings. The smallest absolute Gasteiger partial charge is 0.262 e. The maximum atomic E-state index is 12.4. The van der Waals surface area contributed by atoms with Gasteiger partial charge in [0.15, 0.2) is 0 Å². The number of rotatable bonds is 6. The Balaban J connectivity index is 1.65. The van der Waals surface area contributed by atoms with Crippen LogP contribution in [0.5, 0.6) is 5.75 Å². The van der Waals surface area contributed by atoms with Crippen molar-refractivity contribution in [3.8, 4) is 5.75 Å². The zero-order chi connectivity index (χ0) is 18.5. The molecule has 0 atom stereocenters. The zero-order valence-corrected chi connectivity index (χ0v) is 15.2. The van der Waals surface area contributed by atoms with E-state index in [0.717, 1.165) is 22.6 Å². The van der Waals surface area contributed by atoms with Crippen LogP contribution in [0.25, 0.3) is 10.2 Å². The highest BCUT2D eigenvalue weighted by molar-refractivity contribution is 7.18. The summed E-state index contributed by atoms with van der Waals surface area (Å²) in [5, 5.41) is 4.45. The van der Waals surface area contributed by atoms with Crippen LogP contribution in [0.15, 0.2) is 46.6 Å². The molecule has 0 unspecified atom stereocenters. The number of benzene rings is 1. The molecule has 0 fully saturated rings. The van der Waals surface area contributed by atoms with Gasteiger partial charge in [0.25, 0.3) is 11.5 Å². The average Bonchev–Trinajstić information content (AvgIpc) is 3.09. The van der Waals surface area contributed by atoms with E-state index in [1.807, 2.05) is 25.1 Å². The minimum atomic E-state index is -0.399. The fourth-order valence-corrected chi connectivity index (χ4v) is 3.28. The largest absolute Gasteiger partial charge is 0.497 e. The van der Waals surface area contributed by atoms with E-state index in [4.69, 9.17) is 4.74 Å². The summed E-state index contributed by atoms with van der Waals surface area (Å²) < 4.78 is 6.36. The van der Waals surface area contributed by atoms with Crippen LogP contribution in [0, 0.1) is 0 Å². The monoisotopic (exact) mass is 370 g/mol. The SMILES string of the molecule is CCc1cc2c(=O)n(CC(=O)NN=Cc3ccc(OC)cc3)cnc2s1. The lowest BCUT2D eigenvalue weighted by atomic mass is 10.2. The Bertz CT molecular complexity index is 1010. The highest BCUT2D eigenvalue weighted by Gasteiger charge is 2.10. The summed E-state index contributed by atoms with van der Waals surface area (Å²) in [6.07, 6.45) is 3.77. The Kier molecular flexibility index (Phi) is 5.43. The number of hydrogen-bond donors (Lipinski definition) is 1. The van der Waals surface area contributed by atoms with Gasteiger partial charge in [-0.25, -0.2) is 10.4 Å². The molecule has 0 aliphatic heterocycles. The van der Waals surface area contributed by atoms with Crippen LogP contribution >= 0.6 is 11.3 Å². The fourth-order valence-electron chi connectivity index (χ4n) is 2.36. The van der Waals surface area contributed by atoms with Gasteiger partial charge < -0.3 is 4.74 Å². The predicted molar refractivity (Wildman–Crippen MR) is 102 cm³/mol. The minimum absolute atomic E-state index is 0.140. The first kappa shape index (κ1) is 17.8. The molecule has 0 spiro atoms. The van der Waals surface area contributed by atoms with E-state index in [9.17, 15) is 9.59 Å². The van der Waals surface area contributed by atoms with E-state index in [-0.39, 0.29) is 12.1 Å². The van der Waals surface area contributed by atoms with Crippen LogP contribution in [-0.2, 0) is 17.8 Å².